The third-order valence-electron chi connectivity index (χ3n) is 7.80. The molecule has 0 fully saturated rings. The topological polar surface area (TPSA) is 9.23 Å². The molecular weight excluding hydrogens is 436 g/mol. The molecule has 1 nitrogen and oxygen atoms in total. The van der Waals surface area contributed by atoms with Gasteiger partial charge in [-0.1, -0.05) is 83.4 Å². The predicted octanol–water partition coefficient (Wildman–Crippen LogP) is 10.2. The number of allylic oxidation sites excluding steroid dienone is 2. The lowest BCUT2D eigenvalue weighted by Crippen LogP contribution is -2.41. The zero-order valence-electron chi connectivity index (χ0n) is 22.0. The summed E-state index contributed by atoms with van der Waals surface area (Å²) in [4.78, 5) is 1.53. The van der Waals surface area contributed by atoms with E-state index in [9.17, 15) is 0 Å². The first-order chi connectivity index (χ1) is 15.7. The van der Waals surface area contributed by atoms with Crippen LogP contribution in [0.2, 0.25) is 18.1 Å². The Labute approximate surface area is 208 Å². The number of unbranched alkanes of at least 4 members (excludes halogenated alkanes) is 2. The molecule has 0 N–H and O–H groups in total. The van der Waals surface area contributed by atoms with Crippen molar-refractivity contribution < 1.29 is 4.43 Å². The normalized spacial score (nSPS) is 17.9. The second-order valence-electron chi connectivity index (χ2n) is 11.4. The van der Waals surface area contributed by atoms with Crippen LogP contribution >= 0.6 is 11.3 Å². The van der Waals surface area contributed by atoms with E-state index >= 15 is 0 Å². The number of hydrogen-bond donors (Lipinski definition) is 0. The van der Waals surface area contributed by atoms with E-state index < -0.39 is 8.32 Å². The van der Waals surface area contributed by atoms with Gasteiger partial charge in [-0.15, -0.1) is 11.3 Å². The Kier molecular flexibility index (Phi) is 9.61. The van der Waals surface area contributed by atoms with Gasteiger partial charge in [-0.25, -0.2) is 0 Å². The van der Waals surface area contributed by atoms with Gasteiger partial charge in [0.2, 0.25) is 0 Å². The lowest BCUT2D eigenvalue weighted by Gasteiger charge is -2.39. The van der Waals surface area contributed by atoms with Crippen LogP contribution in [0.25, 0.3) is 5.57 Å². The number of benzene rings is 1. The Balaban J connectivity index is 1.67. The lowest BCUT2D eigenvalue weighted by molar-refractivity contribution is 0.170. The molecule has 3 rings (SSSR count). The van der Waals surface area contributed by atoms with Gasteiger partial charge in [-0.2, -0.15) is 0 Å². The van der Waals surface area contributed by atoms with Crippen molar-refractivity contribution in [3.8, 4) is 0 Å². The van der Waals surface area contributed by atoms with Crippen molar-refractivity contribution >= 4 is 25.2 Å². The standard InChI is InChI=1S/C30H46OSSi/c1-7-8-9-18-29(31-33(5,6)30(2,3)4)26-21-19-25(20-22-26)28-17-11-14-24(28)13-10-15-27-16-12-23-32-27/h12,16-17,19-24,29H,7-11,13-15,18H2,1-6H3/t24-,29-/m0/s1. The molecule has 0 unspecified atom stereocenters. The summed E-state index contributed by atoms with van der Waals surface area (Å²) >= 11 is 1.90. The Morgan fingerprint density at radius 2 is 1.82 bits per heavy atom. The highest BCUT2D eigenvalue weighted by Gasteiger charge is 2.39. The number of aryl methyl sites for hydroxylation is 1. The summed E-state index contributed by atoms with van der Waals surface area (Å²) in [6.45, 7) is 14.1. The van der Waals surface area contributed by atoms with Crippen LogP contribution in [0.15, 0.2) is 47.9 Å². The summed E-state index contributed by atoms with van der Waals surface area (Å²) < 4.78 is 6.94. The van der Waals surface area contributed by atoms with E-state index in [1.807, 2.05) is 11.3 Å². The van der Waals surface area contributed by atoms with Gasteiger partial charge in [0.25, 0.3) is 0 Å². The van der Waals surface area contributed by atoms with Crippen molar-refractivity contribution in [2.24, 2.45) is 5.92 Å². The van der Waals surface area contributed by atoms with Crippen LogP contribution in [0.4, 0.5) is 0 Å². The Morgan fingerprint density at radius 3 is 2.45 bits per heavy atom. The number of thiophene rings is 1. The third kappa shape index (κ3) is 7.41. The first kappa shape index (κ1) is 26.4. The van der Waals surface area contributed by atoms with Crippen molar-refractivity contribution in [1.82, 2.24) is 0 Å². The molecule has 1 aromatic heterocycles. The van der Waals surface area contributed by atoms with Crippen LogP contribution in [-0.2, 0) is 10.8 Å². The molecule has 182 valence electrons. The van der Waals surface area contributed by atoms with Gasteiger partial charge < -0.3 is 4.43 Å². The average Bonchev–Trinajstić information content (AvgIpc) is 3.45. The van der Waals surface area contributed by atoms with Crippen LogP contribution in [0, 0.1) is 5.92 Å². The average molecular weight is 483 g/mol. The molecule has 3 heteroatoms. The molecule has 1 heterocycles. The minimum Gasteiger partial charge on any atom is -0.410 e. The van der Waals surface area contributed by atoms with Crippen molar-refractivity contribution in [1.29, 1.82) is 0 Å². The third-order valence-corrected chi connectivity index (χ3v) is 13.2. The SMILES string of the molecule is CCCCC[C@H](O[Si](C)(C)C(C)(C)C)c1ccc(C2=CCC[C@@H]2CCCc2cccs2)cc1. The van der Waals surface area contributed by atoms with Crippen LogP contribution in [-0.4, -0.2) is 8.32 Å². The van der Waals surface area contributed by atoms with Crippen molar-refractivity contribution in [3.05, 3.63) is 63.9 Å². The maximum Gasteiger partial charge on any atom is 0.192 e. The molecular formula is C30H46OSSi. The summed E-state index contributed by atoms with van der Waals surface area (Å²) in [7, 11) is -1.81. The van der Waals surface area contributed by atoms with Crippen LogP contribution in [0.1, 0.15) is 101 Å². The monoisotopic (exact) mass is 482 g/mol. The Morgan fingerprint density at radius 1 is 1.06 bits per heavy atom. The summed E-state index contributed by atoms with van der Waals surface area (Å²) in [6.07, 6.45) is 14.0. The second kappa shape index (κ2) is 12.0. The van der Waals surface area contributed by atoms with E-state index in [4.69, 9.17) is 4.43 Å². The van der Waals surface area contributed by atoms with Gasteiger partial charge in [-0.3, -0.25) is 0 Å². The zero-order valence-corrected chi connectivity index (χ0v) is 23.8. The van der Waals surface area contributed by atoms with Crippen molar-refractivity contribution in [2.45, 2.75) is 110 Å². The second-order valence-corrected chi connectivity index (χ2v) is 17.2. The summed E-state index contributed by atoms with van der Waals surface area (Å²) in [5.41, 5.74) is 4.38. The Bertz CT molecular complexity index is 858. The summed E-state index contributed by atoms with van der Waals surface area (Å²) in [5, 5.41) is 2.43. The van der Waals surface area contributed by atoms with Gasteiger partial charge >= 0.3 is 0 Å². The maximum absolute atomic E-state index is 6.94. The van der Waals surface area contributed by atoms with E-state index in [2.05, 4.69) is 88.6 Å². The first-order valence-corrected chi connectivity index (χ1v) is 17.0. The summed E-state index contributed by atoms with van der Waals surface area (Å²) in [6, 6.07) is 13.9. The Hall–Kier alpha value is -1.16. The van der Waals surface area contributed by atoms with E-state index in [1.54, 1.807) is 5.57 Å². The smallest absolute Gasteiger partial charge is 0.192 e. The molecule has 2 aromatic rings. The van der Waals surface area contributed by atoms with Gasteiger partial charge in [0.1, 0.15) is 0 Å². The maximum atomic E-state index is 6.94. The van der Waals surface area contributed by atoms with Crippen molar-refractivity contribution in [2.75, 3.05) is 0 Å². The fourth-order valence-corrected chi connectivity index (χ4v) is 6.76. The van der Waals surface area contributed by atoms with Gasteiger partial charge in [0, 0.05) is 4.88 Å². The van der Waals surface area contributed by atoms with Crippen LogP contribution in [0.5, 0.6) is 0 Å². The highest BCUT2D eigenvalue weighted by molar-refractivity contribution is 7.09. The van der Waals surface area contributed by atoms with E-state index in [0.29, 0.717) is 0 Å². The molecule has 0 saturated carbocycles. The van der Waals surface area contributed by atoms with Crippen LogP contribution in [0.3, 0.4) is 0 Å². The van der Waals surface area contributed by atoms with E-state index in [0.717, 1.165) is 12.3 Å². The molecule has 0 spiro atoms. The molecule has 2 atom stereocenters. The minimum absolute atomic E-state index is 0.227. The molecule has 1 aliphatic rings. The molecule has 1 aromatic carbocycles. The molecule has 0 saturated heterocycles. The predicted molar refractivity (Wildman–Crippen MR) is 150 cm³/mol. The molecule has 33 heavy (non-hydrogen) atoms. The number of rotatable bonds is 12. The zero-order chi connectivity index (χ0) is 23.9. The largest absolute Gasteiger partial charge is 0.410 e. The molecule has 1 aliphatic carbocycles. The van der Waals surface area contributed by atoms with Crippen LogP contribution < -0.4 is 0 Å². The fraction of sp³-hybridized carbons (Fsp3) is 0.600. The number of hydrogen-bond acceptors (Lipinski definition) is 2. The van der Waals surface area contributed by atoms with Crippen molar-refractivity contribution in [3.63, 3.8) is 0 Å². The highest BCUT2D eigenvalue weighted by Crippen LogP contribution is 2.42. The first-order valence-electron chi connectivity index (χ1n) is 13.2. The minimum atomic E-state index is -1.81. The summed E-state index contributed by atoms with van der Waals surface area (Å²) in [5.74, 6) is 0.722. The molecule has 0 amide bonds. The van der Waals surface area contributed by atoms with E-state index in [-0.39, 0.29) is 11.1 Å². The quantitative estimate of drug-likeness (QED) is 0.216. The van der Waals surface area contributed by atoms with E-state index in [1.165, 1.54) is 67.4 Å². The highest BCUT2D eigenvalue weighted by atomic mass is 32.1. The fourth-order valence-electron chi connectivity index (χ4n) is 4.69. The molecule has 0 bridgehead atoms. The lowest BCUT2D eigenvalue weighted by atomic mass is 9.89. The molecule has 0 radical (unpaired) electrons. The van der Waals surface area contributed by atoms with Gasteiger partial charge in [0.05, 0.1) is 6.10 Å². The molecule has 0 aliphatic heterocycles. The van der Waals surface area contributed by atoms with Gasteiger partial charge in [0.15, 0.2) is 8.32 Å². The van der Waals surface area contributed by atoms with Gasteiger partial charge in [-0.05, 0) is 90.7 Å².